The Morgan fingerprint density at radius 3 is 3.12 bits per heavy atom. The largest absolute Gasteiger partial charge is 0.469 e. The first-order valence-electron chi connectivity index (χ1n) is 5.27. The summed E-state index contributed by atoms with van der Waals surface area (Å²) in [4.78, 5) is 21.5. The lowest BCUT2D eigenvalue weighted by molar-refractivity contribution is -0.404. The fourth-order valence-corrected chi connectivity index (χ4v) is 2.55. The number of piperidine rings is 1. The minimum atomic E-state index is -0.470. The summed E-state index contributed by atoms with van der Waals surface area (Å²) in [6.07, 6.45) is 3.40. The Labute approximate surface area is 92.8 Å². The van der Waals surface area contributed by atoms with Crippen LogP contribution in [-0.4, -0.2) is 24.5 Å². The number of hydrogen-bond donors (Lipinski definition) is 1. The van der Waals surface area contributed by atoms with Crippen molar-refractivity contribution in [2.24, 2.45) is 11.3 Å². The Morgan fingerprint density at radius 2 is 2.50 bits per heavy atom. The maximum atomic E-state index is 11.4. The Kier molecular flexibility index (Phi) is 2.57. The third-order valence-corrected chi connectivity index (χ3v) is 3.45. The molecule has 1 N–H and O–H groups in total. The van der Waals surface area contributed by atoms with Gasteiger partial charge >= 0.3 is 5.97 Å². The van der Waals surface area contributed by atoms with Crippen molar-refractivity contribution in [3.63, 3.8) is 0 Å². The Hall–Kier alpha value is -1.59. The van der Waals surface area contributed by atoms with E-state index < -0.39 is 4.92 Å². The highest BCUT2D eigenvalue weighted by Crippen LogP contribution is 2.61. The number of allylic oxidation sites excluding steroid dienone is 1. The molecule has 1 heterocycles. The van der Waals surface area contributed by atoms with Crippen molar-refractivity contribution in [1.29, 1.82) is 0 Å². The Balaban J connectivity index is 2.19. The lowest BCUT2D eigenvalue weighted by Gasteiger charge is -2.25. The maximum Gasteiger partial charge on any atom is 0.309 e. The average molecular weight is 226 g/mol. The zero-order valence-electron chi connectivity index (χ0n) is 9.06. The molecular weight excluding hydrogens is 212 g/mol. The molecule has 2 aliphatic rings. The van der Waals surface area contributed by atoms with E-state index in [1.165, 1.54) is 7.11 Å². The van der Waals surface area contributed by atoms with Gasteiger partial charge < -0.3 is 10.1 Å². The van der Waals surface area contributed by atoms with E-state index in [4.69, 9.17) is 4.74 Å². The predicted molar refractivity (Wildman–Crippen MR) is 54.9 cm³/mol. The van der Waals surface area contributed by atoms with E-state index in [1.807, 2.05) is 0 Å². The fraction of sp³-hybridized carbons (Fsp3) is 0.700. The number of methoxy groups -OCH3 is 1. The SMILES string of the molecule is COC(=O)[C@@H]1CC12CCCN/C2=C\[N+](=O)[O-]. The first-order valence-corrected chi connectivity index (χ1v) is 5.27. The molecular formula is C10H14N2O4. The smallest absolute Gasteiger partial charge is 0.309 e. The number of rotatable bonds is 2. The highest BCUT2D eigenvalue weighted by atomic mass is 16.6. The third kappa shape index (κ3) is 1.64. The van der Waals surface area contributed by atoms with Gasteiger partial charge in [-0.1, -0.05) is 0 Å². The zero-order chi connectivity index (χ0) is 11.8. The molecule has 88 valence electrons. The van der Waals surface area contributed by atoms with Gasteiger partial charge in [0.25, 0.3) is 6.20 Å². The third-order valence-electron chi connectivity index (χ3n) is 3.45. The summed E-state index contributed by atoms with van der Waals surface area (Å²) >= 11 is 0. The van der Waals surface area contributed by atoms with Crippen molar-refractivity contribution in [1.82, 2.24) is 5.32 Å². The van der Waals surface area contributed by atoms with Crippen molar-refractivity contribution in [2.45, 2.75) is 19.3 Å². The molecule has 1 unspecified atom stereocenters. The van der Waals surface area contributed by atoms with Gasteiger partial charge in [0.1, 0.15) is 0 Å². The normalized spacial score (nSPS) is 34.6. The molecule has 0 aromatic heterocycles. The molecule has 1 saturated heterocycles. The molecule has 0 aromatic rings. The monoisotopic (exact) mass is 226 g/mol. The van der Waals surface area contributed by atoms with Gasteiger partial charge in [-0.25, -0.2) is 0 Å². The van der Waals surface area contributed by atoms with Crippen LogP contribution in [0.1, 0.15) is 19.3 Å². The van der Waals surface area contributed by atoms with Gasteiger partial charge in [0.2, 0.25) is 0 Å². The number of carbonyl (C=O) groups excluding carboxylic acids is 1. The number of nitro groups is 1. The Bertz CT molecular complexity index is 366. The second kappa shape index (κ2) is 3.77. The van der Waals surface area contributed by atoms with Gasteiger partial charge in [0.05, 0.1) is 23.6 Å². The van der Waals surface area contributed by atoms with Crippen LogP contribution < -0.4 is 5.32 Å². The topological polar surface area (TPSA) is 81.5 Å². The molecule has 1 spiro atoms. The number of nitrogens with zero attached hydrogens (tertiary/aromatic N) is 1. The highest BCUT2D eigenvalue weighted by Gasteiger charge is 2.62. The molecule has 6 nitrogen and oxygen atoms in total. The average Bonchev–Trinajstić information content (AvgIpc) is 2.96. The second-order valence-electron chi connectivity index (χ2n) is 4.29. The number of ether oxygens (including phenoxy) is 1. The first kappa shape index (κ1) is 10.9. The minimum Gasteiger partial charge on any atom is -0.469 e. The molecule has 0 bridgehead atoms. The molecule has 2 atom stereocenters. The first-order chi connectivity index (χ1) is 7.60. The number of hydrogen-bond acceptors (Lipinski definition) is 5. The number of esters is 1. The van der Waals surface area contributed by atoms with Crippen molar-refractivity contribution in [2.75, 3.05) is 13.7 Å². The van der Waals surface area contributed by atoms with E-state index in [1.54, 1.807) is 0 Å². The van der Waals surface area contributed by atoms with E-state index in [9.17, 15) is 14.9 Å². The van der Waals surface area contributed by atoms with E-state index in [0.29, 0.717) is 12.1 Å². The van der Waals surface area contributed by atoms with Crippen LogP contribution in [0.5, 0.6) is 0 Å². The molecule has 2 rings (SSSR count). The molecule has 6 heteroatoms. The van der Waals surface area contributed by atoms with Crippen LogP contribution in [0.15, 0.2) is 11.9 Å². The minimum absolute atomic E-state index is 0.212. The summed E-state index contributed by atoms with van der Waals surface area (Å²) in [5.74, 6) is -0.477. The summed E-state index contributed by atoms with van der Waals surface area (Å²) < 4.78 is 4.69. The highest BCUT2D eigenvalue weighted by molar-refractivity contribution is 5.78. The van der Waals surface area contributed by atoms with Gasteiger partial charge in [0.15, 0.2) is 0 Å². The van der Waals surface area contributed by atoms with Gasteiger partial charge in [0, 0.05) is 12.0 Å². The van der Waals surface area contributed by atoms with Crippen molar-refractivity contribution < 1.29 is 14.5 Å². The van der Waals surface area contributed by atoms with Crippen molar-refractivity contribution in [3.8, 4) is 0 Å². The quantitative estimate of drug-likeness (QED) is 0.425. The van der Waals surface area contributed by atoms with Gasteiger partial charge in [-0.15, -0.1) is 0 Å². The molecule has 1 aliphatic heterocycles. The maximum absolute atomic E-state index is 11.4. The van der Waals surface area contributed by atoms with Crippen LogP contribution in [0.3, 0.4) is 0 Å². The zero-order valence-corrected chi connectivity index (χ0v) is 9.06. The summed E-state index contributed by atoms with van der Waals surface area (Å²) in [7, 11) is 1.35. The predicted octanol–water partition coefficient (Wildman–Crippen LogP) is 0.667. The lowest BCUT2D eigenvalue weighted by Crippen LogP contribution is -2.32. The standard InChI is InChI=1S/C10H14N2O4/c1-16-9(13)7-5-10(7)3-2-4-11-8(10)6-12(14)15/h6-7,11H,2-5H2,1H3/b8-6-/t7-,10?/m0/s1. The van der Waals surface area contributed by atoms with Crippen LogP contribution in [0.4, 0.5) is 0 Å². The van der Waals surface area contributed by atoms with Crippen LogP contribution in [0.2, 0.25) is 0 Å². The van der Waals surface area contributed by atoms with Crippen LogP contribution in [0.25, 0.3) is 0 Å². The van der Waals surface area contributed by atoms with Gasteiger partial charge in [-0.3, -0.25) is 14.9 Å². The van der Waals surface area contributed by atoms with Crippen molar-refractivity contribution in [3.05, 3.63) is 22.0 Å². The molecule has 2 fully saturated rings. The molecule has 1 saturated carbocycles. The van der Waals surface area contributed by atoms with E-state index in [-0.39, 0.29) is 17.3 Å². The second-order valence-corrected chi connectivity index (χ2v) is 4.29. The van der Waals surface area contributed by atoms with Gasteiger partial charge in [-0.05, 0) is 19.3 Å². The van der Waals surface area contributed by atoms with Gasteiger partial charge in [-0.2, -0.15) is 0 Å². The van der Waals surface area contributed by atoms with E-state index >= 15 is 0 Å². The van der Waals surface area contributed by atoms with E-state index in [0.717, 1.165) is 25.6 Å². The lowest BCUT2D eigenvalue weighted by atomic mass is 9.90. The van der Waals surface area contributed by atoms with E-state index in [2.05, 4.69) is 5.32 Å². The van der Waals surface area contributed by atoms with Crippen molar-refractivity contribution >= 4 is 5.97 Å². The number of carbonyl (C=O) groups is 1. The summed E-state index contributed by atoms with van der Waals surface area (Å²) in [6, 6.07) is 0. The molecule has 0 radical (unpaired) electrons. The Morgan fingerprint density at radius 1 is 1.75 bits per heavy atom. The molecule has 0 aromatic carbocycles. The fourth-order valence-electron chi connectivity index (χ4n) is 2.55. The summed E-state index contributed by atoms with van der Waals surface area (Å²) in [6.45, 7) is 0.731. The molecule has 16 heavy (non-hydrogen) atoms. The number of nitrogens with one attached hydrogen (secondary N) is 1. The molecule has 1 aliphatic carbocycles. The van der Waals surface area contributed by atoms with Crippen LogP contribution >= 0.6 is 0 Å². The van der Waals surface area contributed by atoms with Crippen LogP contribution in [-0.2, 0) is 9.53 Å². The molecule has 0 amide bonds. The summed E-state index contributed by atoms with van der Waals surface area (Å²) in [5.41, 5.74) is 0.234. The summed E-state index contributed by atoms with van der Waals surface area (Å²) in [5, 5.41) is 13.5. The van der Waals surface area contributed by atoms with Crippen LogP contribution in [0, 0.1) is 21.4 Å².